The maximum atomic E-state index is 5.75. The second-order valence-electron chi connectivity index (χ2n) is 4.01. The summed E-state index contributed by atoms with van der Waals surface area (Å²) in [6, 6.07) is 10.5. The topological polar surface area (TPSA) is 29.3 Å². The van der Waals surface area contributed by atoms with Crippen LogP contribution in [0.5, 0.6) is 0 Å². The zero-order valence-electron chi connectivity index (χ0n) is 9.85. The number of hydrogen-bond donors (Lipinski definition) is 1. The first-order valence-corrected chi connectivity index (χ1v) is 7.08. The van der Waals surface area contributed by atoms with Gasteiger partial charge in [0.25, 0.3) is 0 Å². The molecule has 2 aromatic rings. The van der Waals surface area contributed by atoms with Gasteiger partial charge in [0.1, 0.15) is 0 Å². The Morgan fingerprint density at radius 3 is 2.71 bits per heavy atom. The largest absolute Gasteiger partial charge is 0.399 e. The second kappa shape index (κ2) is 5.10. The average Bonchev–Trinajstić information content (AvgIpc) is 2.80. The number of thiophene rings is 1. The van der Waals surface area contributed by atoms with E-state index in [9.17, 15) is 0 Å². The minimum absolute atomic E-state index is 0.356. The van der Waals surface area contributed by atoms with E-state index in [1.807, 2.05) is 18.2 Å². The van der Waals surface area contributed by atoms with E-state index in [4.69, 9.17) is 5.73 Å². The van der Waals surface area contributed by atoms with Crippen LogP contribution in [0.3, 0.4) is 0 Å². The average molecular weight is 311 g/mol. The summed E-state index contributed by atoms with van der Waals surface area (Å²) >= 11 is 5.34. The zero-order valence-corrected chi connectivity index (χ0v) is 12.3. The van der Waals surface area contributed by atoms with Crippen LogP contribution < -0.4 is 10.6 Å². The molecular weight excluding hydrogens is 296 g/mol. The number of nitrogens with zero attached hydrogens (tertiary/aromatic N) is 1. The predicted molar refractivity (Wildman–Crippen MR) is 79.7 cm³/mol. The summed E-state index contributed by atoms with van der Waals surface area (Å²) in [5, 5.41) is 2.11. The Morgan fingerprint density at radius 1 is 1.35 bits per heavy atom. The molecule has 0 bridgehead atoms. The van der Waals surface area contributed by atoms with E-state index >= 15 is 0 Å². The van der Waals surface area contributed by atoms with E-state index in [-0.39, 0.29) is 0 Å². The minimum Gasteiger partial charge on any atom is -0.399 e. The molecule has 1 unspecified atom stereocenters. The molecule has 2 nitrogen and oxygen atoms in total. The number of nitrogen functional groups attached to an aromatic ring is 1. The smallest absolute Gasteiger partial charge is 0.0604 e. The van der Waals surface area contributed by atoms with Gasteiger partial charge in [-0.2, -0.15) is 0 Å². The van der Waals surface area contributed by atoms with Crippen LogP contribution in [0.4, 0.5) is 11.4 Å². The van der Waals surface area contributed by atoms with Crippen LogP contribution in [0.2, 0.25) is 0 Å². The molecule has 0 saturated heterocycles. The van der Waals surface area contributed by atoms with Gasteiger partial charge in [0.15, 0.2) is 0 Å². The van der Waals surface area contributed by atoms with Crippen molar-refractivity contribution >= 4 is 38.6 Å². The Kier molecular flexibility index (Phi) is 3.74. The Hall–Kier alpha value is -1.00. The lowest BCUT2D eigenvalue weighted by atomic mass is 10.2. The Bertz CT molecular complexity index is 496. The van der Waals surface area contributed by atoms with Crippen LogP contribution in [-0.2, 0) is 0 Å². The van der Waals surface area contributed by atoms with Crippen molar-refractivity contribution in [2.24, 2.45) is 0 Å². The Balaban J connectivity index is 2.28. The fourth-order valence-corrected chi connectivity index (χ4v) is 3.24. The van der Waals surface area contributed by atoms with Crippen molar-refractivity contribution in [1.82, 2.24) is 0 Å². The van der Waals surface area contributed by atoms with Crippen molar-refractivity contribution in [3.8, 4) is 0 Å². The molecule has 17 heavy (non-hydrogen) atoms. The number of rotatable bonds is 3. The van der Waals surface area contributed by atoms with Gasteiger partial charge in [0.2, 0.25) is 0 Å². The molecule has 1 aromatic carbocycles. The molecule has 0 aliphatic carbocycles. The highest BCUT2D eigenvalue weighted by Gasteiger charge is 2.15. The zero-order chi connectivity index (χ0) is 12.4. The number of halogens is 1. The summed E-state index contributed by atoms with van der Waals surface area (Å²) in [4.78, 5) is 3.60. The summed E-state index contributed by atoms with van der Waals surface area (Å²) < 4.78 is 1.03. The third kappa shape index (κ3) is 2.64. The van der Waals surface area contributed by atoms with Crippen LogP contribution in [-0.4, -0.2) is 7.05 Å². The molecule has 2 rings (SSSR count). The molecule has 1 atom stereocenters. The van der Waals surface area contributed by atoms with E-state index in [0.29, 0.717) is 6.04 Å². The minimum atomic E-state index is 0.356. The molecule has 0 amide bonds. The van der Waals surface area contributed by atoms with Gasteiger partial charge in [0, 0.05) is 22.1 Å². The summed E-state index contributed by atoms with van der Waals surface area (Å²) in [6.45, 7) is 2.20. The lowest BCUT2D eigenvalue weighted by molar-refractivity contribution is 0.752. The van der Waals surface area contributed by atoms with Gasteiger partial charge in [-0.15, -0.1) is 11.3 Å². The Morgan fingerprint density at radius 2 is 2.12 bits per heavy atom. The first kappa shape index (κ1) is 12.5. The highest BCUT2D eigenvalue weighted by Crippen LogP contribution is 2.33. The molecule has 0 radical (unpaired) electrons. The second-order valence-corrected chi connectivity index (χ2v) is 5.85. The van der Waals surface area contributed by atoms with Crippen LogP contribution in [0.25, 0.3) is 0 Å². The van der Waals surface area contributed by atoms with Crippen molar-refractivity contribution in [3.63, 3.8) is 0 Å². The molecule has 0 aliphatic rings. The maximum Gasteiger partial charge on any atom is 0.0604 e. The van der Waals surface area contributed by atoms with Gasteiger partial charge < -0.3 is 10.6 Å². The van der Waals surface area contributed by atoms with Gasteiger partial charge in [-0.3, -0.25) is 0 Å². The molecule has 0 fully saturated rings. The number of nitrogens with two attached hydrogens (primary N) is 1. The first-order valence-electron chi connectivity index (χ1n) is 5.41. The molecule has 2 N–H and O–H groups in total. The summed E-state index contributed by atoms with van der Waals surface area (Å²) in [7, 11) is 2.10. The monoisotopic (exact) mass is 310 g/mol. The molecule has 0 aliphatic heterocycles. The van der Waals surface area contributed by atoms with Gasteiger partial charge in [-0.25, -0.2) is 0 Å². The van der Waals surface area contributed by atoms with Crippen molar-refractivity contribution in [3.05, 3.63) is 45.1 Å². The van der Waals surface area contributed by atoms with Crippen LogP contribution >= 0.6 is 27.3 Å². The molecule has 0 spiro atoms. The van der Waals surface area contributed by atoms with E-state index in [1.54, 1.807) is 11.3 Å². The van der Waals surface area contributed by atoms with Crippen LogP contribution in [0, 0.1) is 0 Å². The quantitative estimate of drug-likeness (QED) is 0.857. The molecule has 1 heterocycles. The van der Waals surface area contributed by atoms with E-state index in [2.05, 4.69) is 52.3 Å². The van der Waals surface area contributed by atoms with E-state index < -0.39 is 0 Å². The fraction of sp³-hybridized carbons (Fsp3) is 0.231. The van der Waals surface area contributed by atoms with Gasteiger partial charge in [-0.05, 0) is 52.5 Å². The summed E-state index contributed by atoms with van der Waals surface area (Å²) in [6.07, 6.45) is 0. The van der Waals surface area contributed by atoms with E-state index in [1.165, 1.54) is 4.88 Å². The number of anilines is 2. The number of hydrogen-bond acceptors (Lipinski definition) is 3. The third-order valence-corrected chi connectivity index (χ3v) is 4.57. The molecular formula is C13H15BrN2S. The molecule has 4 heteroatoms. The highest BCUT2D eigenvalue weighted by atomic mass is 79.9. The highest BCUT2D eigenvalue weighted by molar-refractivity contribution is 9.10. The number of benzene rings is 1. The Labute approximate surface area is 114 Å². The van der Waals surface area contributed by atoms with Crippen molar-refractivity contribution in [2.75, 3.05) is 17.7 Å². The van der Waals surface area contributed by atoms with Crippen molar-refractivity contribution in [2.45, 2.75) is 13.0 Å². The van der Waals surface area contributed by atoms with Gasteiger partial charge >= 0.3 is 0 Å². The lowest BCUT2D eigenvalue weighted by Gasteiger charge is -2.27. The fourth-order valence-electron chi connectivity index (χ4n) is 1.74. The van der Waals surface area contributed by atoms with Crippen molar-refractivity contribution < 1.29 is 0 Å². The maximum absolute atomic E-state index is 5.75. The third-order valence-electron chi connectivity index (χ3n) is 2.89. The standard InChI is InChI=1S/C13H15BrN2S/c1-9(13-4-3-7-17-13)16(2)12-6-5-10(15)8-11(12)14/h3-9H,15H2,1-2H3. The normalized spacial score (nSPS) is 12.4. The van der Waals surface area contributed by atoms with Crippen LogP contribution in [0.15, 0.2) is 40.2 Å². The van der Waals surface area contributed by atoms with Crippen molar-refractivity contribution in [1.29, 1.82) is 0 Å². The van der Waals surface area contributed by atoms with Gasteiger partial charge in [-0.1, -0.05) is 6.07 Å². The van der Waals surface area contributed by atoms with E-state index in [0.717, 1.165) is 15.8 Å². The molecule has 90 valence electrons. The summed E-state index contributed by atoms with van der Waals surface area (Å²) in [5.41, 5.74) is 7.68. The first-order chi connectivity index (χ1) is 8.09. The summed E-state index contributed by atoms with van der Waals surface area (Å²) in [5.74, 6) is 0. The molecule has 1 aromatic heterocycles. The lowest BCUT2D eigenvalue weighted by Crippen LogP contribution is -2.21. The predicted octanol–water partition coefficient (Wildman–Crippen LogP) is 4.29. The SMILES string of the molecule is CC(c1cccs1)N(C)c1ccc(N)cc1Br. The molecule has 0 saturated carbocycles. The van der Waals surface area contributed by atoms with Crippen LogP contribution in [0.1, 0.15) is 17.8 Å². The van der Waals surface area contributed by atoms with Gasteiger partial charge in [0.05, 0.1) is 11.7 Å².